The first-order valence-electron chi connectivity index (χ1n) is 9.47. The number of aromatic hydroxyl groups is 1. The molecule has 2 N–H and O–H groups in total. The number of rotatable bonds is 5. The molecule has 4 rings (SSSR count). The number of hydrogen-bond donors (Lipinski definition) is 2. The van der Waals surface area contributed by atoms with E-state index in [9.17, 15) is 5.11 Å². The first kappa shape index (κ1) is 18.7. The quantitative estimate of drug-likeness (QED) is 0.496. The van der Waals surface area contributed by atoms with Gasteiger partial charge in [0.2, 0.25) is 0 Å². The van der Waals surface area contributed by atoms with Crippen LogP contribution in [0.25, 0.3) is 10.9 Å². The molecule has 0 bridgehead atoms. The third kappa shape index (κ3) is 3.85. The highest BCUT2D eigenvalue weighted by atomic mass is 16.5. The highest BCUT2D eigenvalue weighted by molar-refractivity contribution is 5.86. The van der Waals surface area contributed by atoms with E-state index >= 15 is 0 Å². The first-order chi connectivity index (χ1) is 14.0. The molecular weight excluding hydrogens is 362 g/mol. The lowest BCUT2D eigenvalue weighted by Crippen LogP contribution is -2.14. The summed E-state index contributed by atoms with van der Waals surface area (Å²) in [6, 6.07) is 19.3. The van der Waals surface area contributed by atoms with Gasteiger partial charge in [0.25, 0.3) is 0 Å². The Kier molecular flexibility index (Phi) is 5.04. The molecule has 2 aromatic carbocycles. The third-order valence-corrected chi connectivity index (χ3v) is 4.97. The van der Waals surface area contributed by atoms with Gasteiger partial charge in [0.05, 0.1) is 13.2 Å². The second kappa shape index (κ2) is 7.80. The molecule has 0 aliphatic carbocycles. The number of hydrogen-bond acceptors (Lipinski definition) is 5. The number of anilines is 1. The molecule has 2 aromatic heterocycles. The van der Waals surface area contributed by atoms with Gasteiger partial charge in [-0.25, -0.2) is 9.97 Å². The van der Waals surface area contributed by atoms with Crippen molar-refractivity contribution in [3.05, 3.63) is 89.2 Å². The Labute approximate surface area is 170 Å². The lowest BCUT2D eigenvalue weighted by Gasteiger charge is -2.22. The maximum Gasteiger partial charge on any atom is 0.147 e. The fourth-order valence-corrected chi connectivity index (χ4v) is 3.42. The van der Waals surface area contributed by atoms with Crippen LogP contribution in [0.2, 0.25) is 0 Å². The fraction of sp³-hybridized carbons (Fsp3) is 0.167. The number of benzene rings is 2. The van der Waals surface area contributed by atoms with Gasteiger partial charge in [-0.1, -0.05) is 30.3 Å². The van der Waals surface area contributed by atoms with Crippen molar-refractivity contribution in [2.24, 2.45) is 0 Å². The Morgan fingerprint density at radius 1 is 0.966 bits per heavy atom. The Morgan fingerprint density at radius 2 is 1.72 bits per heavy atom. The number of pyridine rings is 2. The van der Waals surface area contributed by atoms with Crippen LogP contribution in [0, 0.1) is 13.8 Å². The van der Waals surface area contributed by atoms with E-state index < -0.39 is 0 Å². The van der Waals surface area contributed by atoms with Crippen LogP contribution in [0.5, 0.6) is 11.5 Å². The van der Waals surface area contributed by atoms with Crippen molar-refractivity contribution in [3.8, 4) is 11.5 Å². The molecule has 0 amide bonds. The smallest absolute Gasteiger partial charge is 0.147 e. The molecule has 0 aliphatic rings. The van der Waals surface area contributed by atoms with Crippen molar-refractivity contribution in [1.29, 1.82) is 0 Å². The zero-order valence-electron chi connectivity index (χ0n) is 16.7. The summed E-state index contributed by atoms with van der Waals surface area (Å²) in [6.07, 6.45) is 1.77. The summed E-state index contributed by atoms with van der Waals surface area (Å²) in [7, 11) is 1.64. The van der Waals surface area contributed by atoms with Crippen LogP contribution in [-0.2, 0) is 0 Å². The predicted octanol–water partition coefficient (Wildman–Crippen LogP) is 5.16. The van der Waals surface area contributed by atoms with Gasteiger partial charge in [0.15, 0.2) is 0 Å². The zero-order valence-corrected chi connectivity index (χ0v) is 16.7. The van der Waals surface area contributed by atoms with Gasteiger partial charge in [0, 0.05) is 22.8 Å². The van der Waals surface area contributed by atoms with Crippen molar-refractivity contribution in [2.75, 3.05) is 12.4 Å². The largest absolute Gasteiger partial charge is 0.505 e. The van der Waals surface area contributed by atoms with E-state index in [4.69, 9.17) is 4.74 Å². The van der Waals surface area contributed by atoms with Crippen molar-refractivity contribution >= 4 is 16.7 Å². The molecule has 0 spiro atoms. The number of methoxy groups -OCH3 is 1. The molecule has 0 fully saturated rings. The summed E-state index contributed by atoms with van der Waals surface area (Å²) in [5.74, 6) is 1.69. The van der Waals surface area contributed by atoms with Crippen LogP contribution in [0.3, 0.4) is 0 Å². The Hall–Kier alpha value is -3.60. The molecule has 0 unspecified atom stereocenters. The number of nitrogens with one attached hydrogen (secondary N) is 1. The van der Waals surface area contributed by atoms with E-state index in [-0.39, 0.29) is 11.8 Å². The van der Waals surface area contributed by atoms with Crippen molar-refractivity contribution < 1.29 is 9.84 Å². The van der Waals surface area contributed by atoms with Crippen LogP contribution in [0.1, 0.15) is 28.4 Å². The topological polar surface area (TPSA) is 67.3 Å². The van der Waals surface area contributed by atoms with Crippen LogP contribution >= 0.6 is 0 Å². The summed E-state index contributed by atoms with van der Waals surface area (Å²) < 4.78 is 5.29. The molecule has 5 heteroatoms. The van der Waals surface area contributed by atoms with Crippen LogP contribution in [0.15, 0.2) is 66.9 Å². The lowest BCUT2D eigenvalue weighted by molar-refractivity contribution is 0.414. The van der Waals surface area contributed by atoms with Crippen LogP contribution < -0.4 is 10.1 Å². The number of ether oxygens (including phenoxy) is 1. The predicted molar refractivity (Wildman–Crippen MR) is 116 cm³/mol. The summed E-state index contributed by atoms with van der Waals surface area (Å²) in [5, 5.41) is 15.5. The average Bonchev–Trinajstić information content (AvgIpc) is 2.73. The number of aromatic nitrogens is 2. The Balaban J connectivity index is 1.84. The molecule has 1 atom stereocenters. The van der Waals surface area contributed by atoms with Crippen molar-refractivity contribution in [2.45, 2.75) is 19.9 Å². The maximum atomic E-state index is 11.1. The minimum absolute atomic E-state index is 0.173. The number of aryl methyl sites for hydroxylation is 2. The molecule has 0 aliphatic heterocycles. The summed E-state index contributed by atoms with van der Waals surface area (Å²) in [6.45, 7) is 3.94. The minimum Gasteiger partial charge on any atom is -0.505 e. The molecule has 2 heterocycles. The van der Waals surface area contributed by atoms with Gasteiger partial charge in [-0.05, 0) is 55.3 Å². The second-order valence-electron chi connectivity index (χ2n) is 7.10. The highest BCUT2D eigenvalue weighted by Crippen LogP contribution is 2.36. The van der Waals surface area contributed by atoms with E-state index in [1.807, 2.05) is 74.5 Å². The third-order valence-electron chi connectivity index (χ3n) is 4.97. The fourth-order valence-electron chi connectivity index (χ4n) is 3.42. The molecule has 0 radical (unpaired) electrons. The number of nitrogens with zero attached hydrogens (tertiary/aromatic N) is 2. The molecule has 4 aromatic rings. The van der Waals surface area contributed by atoms with E-state index in [1.165, 1.54) is 0 Å². The standard InChI is InChI=1S/C24H23N3O2/c1-15-12-13-25-21(14-15)27-22(17-6-9-19(29-3)10-7-17)20-11-8-18-5-4-16(2)26-23(18)24(20)28/h4-14,22,28H,1-3H3,(H,25,27)/t22-/m1/s1. The van der Waals surface area contributed by atoms with Gasteiger partial charge >= 0.3 is 0 Å². The molecular formula is C24H23N3O2. The second-order valence-corrected chi connectivity index (χ2v) is 7.10. The van der Waals surface area contributed by atoms with Gasteiger partial charge in [-0.3, -0.25) is 0 Å². The number of phenolic OH excluding ortho intramolecular Hbond substituents is 1. The van der Waals surface area contributed by atoms with Gasteiger partial charge in [-0.2, -0.15) is 0 Å². The maximum absolute atomic E-state index is 11.1. The van der Waals surface area contributed by atoms with Gasteiger partial charge < -0.3 is 15.2 Å². The number of phenols is 1. The highest BCUT2D eigenvalue weighted by Gasteiger charge is 2.20. The van der Waals surface area contributed by atoms with E-state index in [0.717, 1.165) is 39.3 Å². The average molecular weight is 385 g/mol. The Morgan fingerprint density at radius 3 is 2.45 bits per heavy atom. The van der Waals surface area contributed by atoms with E-state index in [0.29, 0.717) is 5.52 Å². The lowest BCUT2D eigenvalue weighted by atomic mass is 9.96. The summed E-state index contributed by atoms with van der Waals surface area (Å²) >= 11 is 0. The van der Waals surface area contributed by atoms with Crippen molar-refractivity contribution in [1.82, 2.24) is 9.97 Å². The molecule has 0 saturated carbocycles. The van der Waals surface area contributed by atoms with E-state index in [1.54, 1.807) is 13.3 Å². The van der Waals surface area contributed by atoms with Crippen molar-refractivity contribution in [3.63, 3.8) is 0 Å². The molecule has 0 saturated heterocycles. The zero-order chi connectivity index (χ0) is 20.4. The monoisotopic (exact) mass is 385 g/mol. The summed E-state index contributed by atoms with van der Waals surface area (Å²) in [4.78, 5) is 8.98. The molecule has 29 heavy (non-hydrogen) atoms. The van der Waals surface area contributed by atoms with Crippen LogP contribution in [-0.4, -0.2) is 22.2 Å². The van der Waals surface area contributed by atoms with Crippen LogP contribution in [0.4, 0.5) is 5.82 Å². The first-order valence-corrected chi connectivity index (χ1v) is 9.47. The summed E-state index contributed by atoms with van der Waals surface area (Å²) in [5.41, 5.74) is 4.29. The van der Waals surface area contributed by atoms with E-state index in [2.05, 4.69) is 15.3 Å². The number of fused-ring (bicyclic) bond motifs is 1. The molecule has 5 nitrogen and oxygen atoms in total. The normalized spacial score (nSPS) is 12.0. The Bertz CT molecular complexity index is 1160. The SMILES string of the molecule is COc1ccc([C@@H](Nc2cc(C)ccn2)c2ccc3ccc(C)nc3c2O)cc1. The minimum atomic E-state index is -0.304. The van der Waals surface area contributed by atoms with Gasteiger partial charge in [0.1, 0.15) is 22.8 Å². The van der Waals surface area contributed by atoms with Gasteiger partial charge in [-0.15, -0.1) is 0 Å². The molecule has 146 valence electrons.